The number of halogens is 1. The molecule has 1 aromatic rings. The molecule has 39 heavy (non-hydrogen) atoms. The molecular weight excluding hydrogens is 520 g/mol. The van der Waals surface area contributed by atoms with Gasteiger partial charge in [-0.05, 0) is 51.2 Å². The fraction of sp³-hybridized carbons (Fsp3) is 0.567. The number of para-hydroxylation sites is 1. The summed E-state index contributed by atoms with van der Waals surface area (Å²) in [5, 5.41) is 9.58. The van der Waals surface area contributed by atoms with Crippen LogP contribution in [0.3, 0.4) is 0 Å². The summed E-state index contributed by atoms with van der Waals surface area (Å²) in [6.45, 7) is 2.84. The molecule has 4 aliphatic heterocycles. The second kappa shape index (κ2) is 11.4. The van der Waals surface area contributed by atoms with E-state index in [1.165, 1.54) is 0 Å². The van der Waals surface area contributed by atoms with Crippen molar-refractivity contribution in [2.45, 2.75) is 69.1 Å². The Morgan fingerprint density at radius 3 is 2.59 bits per heavy atom. The number of carbonyl (C=O) groups excluding carboxylic acids is 3. The number of cyclic esters (lactones) is 1. The summed E-state index contributed by atoms with van der Waals surface area (Å²) in [4.78, 5) is 45.5. The number of likely N-dealkylation sites (tertiary alicyclic amines) is 1. The van der Waals surface area contributed by atoms with Gasteiger partial charge in [-0.3, -0.25) is 14.4 Å². The summed E-state index contributed by atoms with van der Waals surface area (Å²) in [5.74, 6) is -2.80. The lowest BCUT2D eigenvalue weighted by Crippen LogP contribution is -2.56. The molecule has 1 aromatic carbocycles. The highest BCUT2D eigenvalue weighted by molar-refractivity contribution is 6.34. The quantitative estimate of drug-likeness (QED) is 0.309. The molecule has 2 saturated heterocycles. The first-order valence-corrected chi connectivity index (χ1v) is 14.4. The van der Waals surface area contributed by atoms with Crippen molar-refractivity contribution in [2.75, 3.05) is 31.2 Å². The SMILES string of the molecule is C[C@@]12/C=C\CCCCOC(=O)[C@@H]1[C@H]1C(=O)N(CCCCCCO)C3C(=O)N(c4ccccc4Cl)CC=C[C@@]31O2. The Balaban J connectivity index is 1.58. The number of benzene rings is 1. The van der Waals surface area contributed by atoms with Crippen LogP contribution in [0.25, 0.3) is 0 Å². The zero-order chi connectivity index (χ0) is 27.6. The molecule has 8 nitrogen and oxygen atoms in total. The zero-order valence-corrected chi connectivity index (χ0v) is 23.1. The molecule has 0 radical (unpaired) electrons. The molecule has 4 aliphatic rings. The van der Waals surface area contributed by atoms with E-state index in [0.717, 1.165) is 32.1 Å². The first-order chi connectivity index (χ1) is 18.8. The van der Waals surface area contributed by atoms with Crippen molar-refractivity contribution in [3.63, 3.8) is 0 Å². The lowest BCUT2D eigenvalue weighted by molar-refractivity contribution is -0.158. The van der Waals surface area contributed by atoms with Crippen molar-refractivity contribution in [3.8, 4) is 0 Å². The standard InChI is InChI=1S/C30H37ClN2O6/c1-29-15-8-2-5-11-20-38-28(37)24(29)23-26(35)33(17-9-3-4-10-19-34)25-27(36)32(18-12-16-30(23,25)39-29)22-14-7-6-13-21(22)31/h6-8,12-16,23-25,34H,2-5,9-11,17-20H2,1H3/b15-8-/t23-,24-,25?,29+,30-/m0/s1. The molecule has 0 saturated carbocycles. The predicted octanol–water partition coefficient (Wildman–Crippen LogP) is 4.05. The molecule has 5 rings (SSSR count). The maximum Gasteiger partial charge on any atom is 0.313 e. The Morgan fingerprint density at radius 1 is 1.00 bits per heavy atom. The number of esters is 1. The van der Waals surface area contributed by atoms with Crippen LogP contribution in [0.4, 0.5) is 5.69 Å². The van der Waals surface area contributed by atoms with Crippen LogP contribution < -0.4 is 4.90 Å². The van der Waals surface area contributed by atoms with E-state index in [-0.39, 0.29) is 25.0 Å². The van der Waals surface area contributed by atoms with Crippen LogP contribution in [0, 0.1) is 11.8 Å². The normalized spacial score (nSPS) is 33.3. The van der Waals surface area contributed by atoms with E-state index in [0.29, 0.717) is 36.7 Å². The summed E-state index contributed by atoms with van der Waals surface area (Å²) in [6, 6.07) is 6.19. The Labute approximate surface area is 234 Å². The lowest BCUT2D eigenvalue weighted by Gasteiger charge is -2.37. The third-order valence-electron chi connectivity index (χ3n) is 8.45. The van der Waals surface area contributed by atoms with Crippen LogP contribution in [0.5, 0.6) is 0 Å². The van der Waals surface area contributed by atoms with Crippen LogP contribution in [0.1, 0.15) is 51.9 Å². The number of nitrogens with zero attached hydrogens (tertiary/aromatic N) is 2. The molecule has 5 atom stereocenters. The number of unbranched alkanes of at least 4 members (excludes halogenated alkanes) is 3. The highest BCUT2D eigenvalue weighted by Crippen LogP contribution is 2.57. The number of hydrogen-bond acceptors (Lipinski definition) is 6. The number of amides is 2. The van der Waals surface area contributed by atoms with E-state index in [9.17, 15) is 14.4 Å². The Kier molecular flexibility index (Phi) is 8.17. The average Bonchev–Trinajstić information content (AvgIpc) is 3.24. The van der Waals surface area contributed by atoms with Gasteiger partial charge in [0, 0.05) is 19.7 Å². The lowest BCUT2D eigenvalue weighted by atomic mass is 9.74. The molecule has 9 heteroatoms. The van der Waals surface area contributed by atoms with Crippen molar-refractivity contribution in [3.05, 3.63) is 53.6 Å². The maximum absolute atomic E-state index is 14.4. The van der Waals surface area contributed by atoms with Crippen molar-refractivity contribution >= 4 is 35.1 Å². The molecule has 2 amide bonds. The molecule has 0 aromatic heterocycles. The van der Waals surface area contributed by atoms with Crippen molar-refractivity contribution in [1.29, 1.82) is 0 Å². The molecule has 1 N–H and O–H groups in total. The Hall–Kier alpha value is -2.68. The van der Waals surface area contributed by atoms with Gasteiger partial charge in [-0.2, -0.15) is 0 Å². The van der Waals surface area contributed by atoms with E-state index >= 15 is 0 Å². The van der Waals surface area contributed by atoms with Crippen LogP contribution in [0.2, 0.25) is 5.02 Å². The summed E-state index contributed by atoms with van der Waals surface area (Å²) in [5.41, 5.74) is -1.87. The van der Waals surface area contributed by atoms with Gasteiger partial charge in [-0.1, -0.05) is 60.9 Å². The van der Waals surface area contributed by atoms with Gasteiger partial charge in [0.15, 0.2) is 0 Å². The fourth-order valence-electron chi connectivity index (χ4n) is 6.67. The number of anilines is 1. The summed E-state index contributed by atoms with van der Waals surface area (Å²) < 4.78 is 12.5. The van der Waals surface area contributed by atoms with Gasteiger partial charge in [0.1, 0.15) is 17.6 Å². The van der Waals surface area contributed by atoms with Gasteiger partial charge in [-0.25, -0.2) is 0 Å². The molecular formula is C30H37ClN2O6. The van der Waals surface area contributed by atoms with Crippen LogP contribution >= 0.6 is 11.6 Å². The number of aliphatic hydroxyl groups excluding tert-OH is 1. The van der Waals surface area contributed by atoms with Crippen LogP contribution in [0.15, 0.2) is 48.6 Å². The summed E-state index contributed by atoms with van der Waals surface area (Å²) in [7, 11) is 0. The number of hydrogen-bond donors (Lipinski definition) is 1. The van der Waals surface area contributed by atoms with Gasteiger partial charge >= 0.3 is 5.97 Å². The van der Waals surface area contributed by atoms with Gasteiger partial charge in [0.05, 0.1) is 28.8 Å². The molecule has 1 unspecified atom stereocenters. The van der Waals surface area contributed by atoms with E-state index in [1.807, 2.05) is 37.3 Å². The topological polar surface area (TPSA) is 96.4 Å². The molecule has 0 bridgehead atoms. The minimum Gasteiger partial charge on any atom is -0.465 e. The number of rotatable bonds is 7. The smallest absolute Gasteiger partial charge is 0.313 e. The van der Waals surface area contributed by atoms with Gasteiger partial charge in [0.25, 0.3) is 5.91 Å². The number of fused-ring (bicyclic) bond motifs is 2. The van der Waals surface area contributed by atoms with E-state index in [2.05, 4.69) is 0 Å². The van der Waals surface area contributed by atoms with Gasteiger partial charge in [-0.15, -0.1) is 0 Å². The first kappa shape index (κ1) is 27.9. The van der Waals surface area contributed by atoms with E-state index < -0.39 is 35.0 Å². The molecule has 0 aliphatic carbocycles. The van der Waals surface area contributed by atoms with Crippen molar-refractivity contribution in [1.82, 2.24) is 4.90 Å². The number of carbonyl (C=O) groups is 3. The monoisotopic (exact) mass is 556 g/mol. The molecule has 1 spiro atoms. The van der Waals surface area contributed by atoms with E-state index in [4.69, 9.17) is 26.2 Å². The van der Waals surface area contributed by atoms with Crippen molar-refractivity contribution < 1.29 is 29.0 Å². The zero-order valence-electron chi connectivity index (χ0n) is 22.4. The molecule has 4 heterocycles. The predicted molar refractivity (Wildman–Crippen MR) is 147 cm³/mol. The highest BCUT2D eigenvalue weighted by Gasteiger charge is 2.74. The highest BCUT2D eigenvalue weighted by atomic mass is 35.5. The van der Waals surface area contributed by atoms with Crippen LogP contribution in [-0.2, 0) is 23.9 Å². The third-order valence-corrected chi connectivity index (χ3v) is 8.77. The average molecular weight is 557 g/mol. The molecule has 210 valence electrons. The second-order valence-corrected chi connectivity index (χ2v) is 11.4. The minimum absolute atomic E-state index is 0.121. The third kappa shape index (κ3) is 4.92. The van der Waals surface area contributed by atoms with Gasteiger partial charge in [0.2, 0.25) is 5.91 Å². The van der Waals surface area contributed by atoms with Gasteiger partial charge < -0.3 is 24.4 Å². The Morgan fingerprint density at radius 2 is 1.79 bits per heavy atom. The number of ether oxygens (including phenoxy) is 2. The largest absolute Gasteiger partial charge is 0.465 e. The Bertz CT molecular complexity index is 1170. The van der Waals surface area contributed by atoms with E-state index in [1.54, 1.807) is 28.0 Å². The van der Waals surface area contributed by atoms with Crippen LogP contribution in [-0.4, -0.2) is 71.3 Å². The number of allylic oxidation sites excluding steroid dienone is 1. The number of aliphatic hydroxyl groups is 1. The first-order valence-electron chi connectivity index (χ1n) is 14.0. The summed E-state index contributed by atoms with van der Waals surface area (Å²) in [6.07, 6.45) is 13.0. The van der Waals surface area contributed by atoms with Crippen molar-refractivity contribution in [2.24, 2.45) is 11.8 Å². The maximum atomic E-state index is 14.4. The summed E-state index contributed by atoms with van der Waals surface area (Å²) >= 11 is 6.51. The molecule has 2 fully saturated rings. The fourth-order valence-corrected chi connectivity index (χ4v) is 6.91. The second-order valence-electron chi connectivity index (χ2n) is 11.0. The minimum atomic E-state index is -1.33.